The van der Waals surface area contributed by atoms with E-state index in [4.69, 9.17) is 0 Å². The summed E-state index contributed by atoms with van der Waals surface area (Å²) in [4.78, 5) is 0. The standard InChI is InChI=1S/C18H31P/c1-4-5-6-7-8-12-15-17(18(2,3)19)16-13-10-9-11-14-16/h9-11,13-14,17H,4-8,12,15,19H2,1-3H3. The van der Waals surface area contributed by atoms with Crippen molar-refractivity contribution in [1.29, 1.82) is 0 Å². The second-order valence-corrected chi connectivity index (χ2v) is 7.83. The molecule has 0 spiro atoms. The van der Waals surface area contributed by atoms with Crippen LogP contribution in [0.15, 0.2) is 30.3 Å². The van der Waals surface area contributed by atoms with Crippen molar-refractivity contribution in [2.24, 2.45) is 0 Å². The Morgan fingerprint density at radius 2 is 1.53 bits per heavy atom. The van der Waals surface area contributed by atoms with E-state index in [1.54, 1.807) is 0 Å². The van der Waals surface area contributed by atoms with Crippen LogP contribution in [0.1, 0.15) is 77.2 Å². The van der Waals surface area contributed by atoms with Crippen LogP contribution >= 0.6 is 9.24 Å². The van der Waals surface area contributed by atoms with Crippen molar-refractivity contribution in [3.63, 3.8) is 0 Å². The quantitative estimate of drug-likeness (QED) is 0.374. The van der Waals surface area contributed by atoms with E-state index in [0.717, 1.165) is 0 Å². The van der Waals surface area contributed by atoms with Gasteiger partial charge in [-0.2, -0.15) is 0 Å². The van der Waals surface area contributed by atoms with Crippen LogP contribution in [0.5, 0.6) is 0 Å². The summed E-state index contributed by atoms with van der Waals surface area (Å²) in [5, 5.41) is 0.283. The van der Waals surface area contributed by atoms with E-state index in [9.17, 15) is 0 Å². The summed E-state index contributed by atoms with van der Waals surface area (Å²) in [5.41, 5.74) is 1.50. The maximum Gasteiger partial charge on any atom is -0.00761 e. The highest BCUT2D eigenvalue weighted by molar-refractivity contribution is 7.18. The van der Waals surface area contributed by atoms with Crippen molar-refractivity contribution in [2.45, 2.75) is 76.8 Å². The molecule has 0 aliphatic carbocycles. The van der Waals surface area contributed by atoms with Crippen LogP contribution in [0.25, 0.3) is 0 Å². The van der Waals surface area contributed by atoms with E-state index in [0.29, 0.717) is 5.92 Å². The van der Waals surface area contributed by atoms with Gasteiger partial charge in [0.25, 0.3) is 0 Å². The van der Waals surface area contributed by atoms with E-state index in [1.165, 1.54) is 50.5 Å². The third-order valence-electron chi connectivity index (χ3n) is 3.95. The highest BCUT2D eigenvalue weighted by Gasteiger charge is 2.25. The molecule has 0 fully saturated rings. The van der Waals surface area contributed by atoms with Crippen LogP contribution in [0.4, 0.5) is 0 Å². The fourth-order valence-corrected chi connectivity index (χ4v) is 3.14. The van der Waals surface area contributed by atoms with Crippen LogP contribution in [0.2, 0.25) is 0 Å². The summed E-state index contributed by atoms with van der Waals surface area (Å²) in [7, 11) is 3.04. The van der Waals surface area contributed by atoms with Crippen molar-refractivity contribution in [2.75, 3.05) is 0 Å². The third kappa shape index (κ3) is 6.57. The van der Waals surface area contributed by atoms with Gasteiger partial charge in [0.2, 0.25) is 0 Å². The summed E-state index contributed by atoms with van der Waals surface area (Å²) in [5.74, 6) is 0.657. The van der Waals surface area contributed by atoms with Crippen LogP contribution in [0, 0.1) is 0 Å². The second-order valence-electron chi connectivity index (χ2n) is 6.34. The molecule has 1 heteroatoms. The van der Waals surface area contributed by atoms with Crippen molar-refractivity contribution in [3.05, 3.63) is 35.9 Å². The molecule has 2 unspecified atom stereocenters. The minimum absolute atomic E-state index is 0.283. The molecule has 0 heterocycles. The van der Waals surface area contributed by atoms with Gasteiger partial charge in [0.15, 0.2) is 0 Å². The van der Waals surface area contributed by atoms with Crippen molar-refractivity contribution >= 4 is 9.24 Å². The summed E-state index contributed by atoms with van der Waals surface area (Å²) >= 11 is 0. The Balaban J connectivity index is 2.44. The van der Waals surface area contributed by atoms with E-state index in [2.05, 4.69) is 60.3 Å². The largest absolute Gasteiger partial charge is 0.131 e. The topological polar surface area (TPSA) is 0 Å². The Hall–Kier alpha value is -0.350. The van der Waals surface area contributed by atoms with Gasteiger partial charge < -0.3 is 0 Å². The van der Waals surface area contributed by atoms with E-state index in [1.807, 2.05) is 0 Å². The Bertz CT molecular complexity index is 323. The average molecular weight is 278 g/mol. The minimum atomic E-state index is 0.283. The molecule has 0 saturated heterocycles. The Kier molecular flexibility index (Phi) is 7.69. The second kappa shape index (κ2) is 8.75. The number of hydrogen-bond donors (Lipinski definition) is 0. The van der Waals surface area contributed by atoms with Crippen LogP contribution < -0.4 is 0 Å². The van der Waals surface area contributed by atoms with Gasteiger partial charge >= 0.3 is 0 Å². The van der Waals surface area contributed by atoms with E-state index in [-0.39, 0.29) is 5.16 Å². The first-order chi connectivity index (χ1) is 9.05. The summed E-state index contributed by atoms with van der Waals surface area (Å²) < 4.78 is 0. The zero-order chi connectivity index (χ0) is 14.1. The Morgan fingerprint density at radius 1 is 0.947 bits per heavy atom. The number of hydrogen-bond acceptors (Lipinski definition) is 0. The first kappa shape index (κ1) is 16.7. The molecule has 1 aromatic rings. The number of unbranched alkanes of at least 4 members (excludes halogenated alkanes) is 5. The molecule has 1 rings (SSSR count). The molecule has 0 aliphatic heterocycles. The molecule has 108 valence electrons. The Morgan fingerprint density at radius 3 is 2.11 bits per heavy atom. The smallest absolute Gasteiger partial charge is 0.00761 e. The molecular weight excluding hydrogens is 247 g/mol. The molecule has 19 heavy (non-hydrogen) atoms. The normalized spacial score (nSPS) is 13.5. The third-order valence-corrected chi connectivity index (χ3v) is 4.35. The molecule has 0 amide bonds. The van der Waals surface area contributed by atoms with Gasteiger partial charge in [0.1, 0.15) is 0 Å². The molecule has 1 aromatic carbocycles. The molecular formula is C18H31P. The molecule has 0 radical (unpaired) electrons. The highest BCUT2D eigenvalue weighted by atomic mass is 31.0. The predicted octanol–water partition coefficient (Wildman–Crippen LogP) is 6.17. The highest BCUT2D eigenvalue weighted by Crippen LogP contribution is 2.39. The van der Waals surface area contributed by atoms with Crippen molar-refractivity contribution in [3.8, 4) is 0 Å². The molecule has 2 atom stereocenters. The lowest BCUT2D eigenvalue weighted by atomic mass is 9.83. The van der Waals surface area contributed by atoms with E-state index < -0.39 is 0 Å². The molecule has 0 bridgehead atoms. The SMILES string of the molecule is CCCCCCCCC(c1ccccc1)C(C)(C)P. The lowest BCUT2D eigenvalue weighted by molar-refractivity contribution is 0.473. The monoisotopic (exact) mass is 278 g/mol. The van der Waals surface area contributed by atoms with Crippen LogP contribution in [-0.4, -0.2) is 5.16 Å². The fourth-order valence-electron chi connectivity index (χ4n) is 2.78. The minimum Gasteiger partial charge on any atom is -0.131 e. The summed E-state index contributed by atoms with van der Waals surface area (Å²) in [6.07, 6.45) is 9.63. The predicted molar refractivity (Wildman–Crippen MR) is 91.0 cm³/mol. The first-order valence-electron chi connectivity index (χ1n) is 7.89. The molecule has 0 N–H and O–H groups in total. The van der Waals surface area contributed by atoms with Crippen LogP contribution in [0.3, 0.4) is 0 Å². The zero-order valence-corrected chi connectivity index (χ0v) is 14.1. The summed E-state index contributed by atoms with van der Waals surface area (Å²) in [6, 6.07) is 11.0. The van der Waals surface area contributed by atoms with Crippen LogP contribution in [-0.2, 0) is 0 Å². The van der Waals surface area contributed by atoms with Gasteiger partial charge in [-0.3, -0.25) is 0 Å². The lowest BCUT2D eigenvalue weighted by Crippen LogP contribution is -2.22. The number of rotatable bonds is 9. The van der Waals surface area contributed by atoms with E-state index >= 15 is 0 Å². The van der Waals surface area contributed by atoms with Crippen molar-refractivity contribution in [1.82, 2.24) is 0 Å². The average Bonchev–Trinajstić information content (AvgIpc) is 2.37. The van der Waals surface area contributed by atoms with Crippen molar-refractivity contribution < 1.29 is 0 Å². The maximum absolute atomic E-state index is 3.04. The molecule has 0 nitrogen and oxygen atoms in total. The molecule has 0 aromatic heterocycles. The van der Waals surface area contributed by atoms with Gasteiger partial charge in [-0.25, -0.2) is 0 Å². The Labute approximate surface area is 122 Å². The van der Waals surface area contributed by atoms with Gasteiger partial charge in [0.05, 0.1) is 0 Å². The number of benzene rings is 1. The van der Waals surface area contributed by atoms with Gasteiger partial charge in [0, 0.05) is 0 Å². The zero-order valence-electron chi connectivity index (χ0n) is 13.0. The van der Waals surface area contributed by atoms with Gasteiger partial charge in [-0.05, 0) is 23.1 Å². The lowest BCUT2D eigenvalue weighted by Gasteiger charge is -2.31. The fraction of sp³-hybridized carbons (Fsp3) is 0.667. The summed E-state index contributed by atoms with van der Waals surface area (Å²) in [6.45, 7) is 6.96. The molecule has 0 aliphatic rings. The van der Waals surface area contributed by atoms with Gasteiger partial charge in [-0.15, -0.1) is 9.24 Å². The first-order valence-corrected chi connectivity index (χ1v) is 8.47. The maximum atomic E-state index is 3.04. The molecule has 0 saturated carbocycles. The van der Waals surface area contributed by atoms with Gasteiger partial charge in [-0.1, -0.05) is 89.6 Å².